The van der Waals surface area contributed by atoms with Crippen molar-refractivity contribution in [2.75, 3.05) is 14.1 Å². The molecular weight excluding hydrogens is 500 g/mol. The largest absolute Gasteiger partial charge is 0.507 e. The van der Waals surface area contributed by atoms with E-state index in [4.69, 9.17) is 15.2 Å². The number of hydrogen-bond donors (Lipinski definition) is 4. The van der Waals surface area contributed by atoms with Crippen LogP contribution in [-0.4, -0.2) is 81.1 Å². The van der Waals surface area contributed by atoms with Crippen LogP contribution >= 0.6 is 0 Å². The first-order chi connectivity index (χ1) is 17.8. The average Bonchev–Trinajstić information content (AvgIpc) is 2.86. The number of likely N-dealkylation sites (N-methyl/N-ethyl adjacent to an activating group) is 1. The molecule has 12 heteroatoms. The number of ether oxygens (including phenoxy) is 2. The van der Waals surface area contributed by atoms with Gasteiger partial charge in [-0.2, -0.15) is 0 Å². The minimum atomic E-state index is -3.04. The number of nitrogens with two attached hydrogens (primary N) is 1. The third-order valence-corrected chi connectivity index (χ3v) is 8.24. The monoisotopic (exact) mass is 526 g/mol. The number of ketones is 4. The first-order valence-electron chi connectivity index (χ1n) is 11.9. The van der Waals surface area contributed by atoms with Crippen molar-refractivity contribution in [3.8, 4) is 5.75 Å². The highest BCUT2D eigenvalue weighted by molar-refractivity contribution is 6.32. The molecule has 1 heterocycles. The Kier molecular flexibility index (Phi) is 5.82. The number of fused-ring (bicyclic) bond motifs is 3. The number of carbonyl (C=O) groups is 5. The summed E-state index contributed by atoms with van der Waals surface area (Å²) in [6.45, 7) is 1.62. The van der Waals surface area contributed by atoms with Crippen molar-refractivity contribution in [1.82, 2.24) is 4.90 Å². The Morgan fingerprint density at radius 2 is 1.79 bits per heavy atom. The van der Waals surface area contributed by atoms with Gasteiger partial charge in [0.15, 0.2) is 40.4 Å². The topological polar surface area (TPSA) is 194 Å². The standard InChI is InChI=1S/C26H26N2O10/c1-9-13-10(12-8-37-6-7-38-12)4-5-11(29)15(13)20(30)16-14(9)21(31)18-19(28(2)3)22(32)17(25(27)35)24(34)26(18,36)23(16)33/h4-9,14,16-19,21,29,31,36H,1-3H3,(H2,27,35)/t9-,14+,16?,17?,18+,19-,21-,26-/m0/s1. The molecule has 0 saturated heterocycles. The number of phenolic OH excluding ortho intramolecular Hbond substituents is 1. The van der Waals surface area contributed by atoms with Crippen LogP contribution in [0.5, 0.6) is 5.75 Å². The van der Waals surface area contributed by atoms with E-state index in [0.29, 0.717) is 5.56 Å². The predicted molar refractivity (Wildman–Crippen MR) is 127 cm³/mol. The van der Waals surface area contributed by atoms with E-state index in [9.17, 15) is 39.3 Å². The average molecular weight is 526 g/mol. The molecule has 5 N–H and O–H groups in total. The summed E-state index contributed by atoms with van der Waals surface area (Å²) in [6.07, 6.45) is 2.10. The number of phenols is 1. The van der Waals surface area contributed by atoms with Crippen molar-refractivity contribution >= 4 is 34.8 Å². The van der Waals surface area contributed by atoms with Crippen molar-refractivity contribution in [3.63, 3.8) is 0 Å². The van der Waals surface area contributed by atoms with E-state index in [1.54, 1.807) is 6.92 Å². The SMILES string of the molecule is C[C@H]1c2c(C3=COC=CO3)ccc(O)c2C(=O)C2C(=O)[C@]3(O)C(=O)C(C(N)=O)C(=O)[C@@H](N(C)C)[C@@H]3[C@@H](O)[C@@H]21. The number of amides is 1. The second kappa shape index (κ2) is 8.58. The van der Waals surface area contributed by atoms with E-state index in [0.717, 1.165) is 0 Å². The van der Waals surface area contributed by atoms with Gasteiger partial charge in [-0.25, -0.2) is 0 Å². The van der Waals surface area contributed by atoms with Crippen LogP contribution in [0.2, 0.25) is 0 Å². The van der Waals surface area contributed by atoms with Crippen LogP contribution in [0.15, 0.2) is 30.9 Å². The normalized spacial score (nSPS) is 36.1. The number of aromatic hydroxyl groups is 1. The maximum atomic E-state index is 13.9. The van der Waals surface area contributed by atoms with Crippen LogP contribution < -0.4 is 5.73 Å². The molecular formula is C26H26N2O10. The van der Waals surface area contributed by atoms with Gasteiger partial charge >= 0.3 is 0 Å². The lowest BCUT2D eigenvalue weighted by atomic mass is 9.49. The summed E-state index contributed by atoms with van der Waals surface area (Å²) in [5, 5.41) is 34.0. The van der Waals surface area contributed by atoms with Gasteiger partial charge in [-0.3, -0.25) is 28.9 Å². The fraction of sp³-hybridized carbons (Fsp3) is 0.423. The summed E-state index contributed by atoms with van der Waals surface area (Å²) < 4.78 is 10.7. The lowest BCUT2D eigenvalue weighted by Crippen LogP contribution is -2.77. The molecule has 0 radical (unpaired) electrons. The number of aliphatic hydroxyl groups is 2. The highest BCUT2D eigenvalue weighted by Crippen LogP contribution is 2.55. The summed E-state index contributed by atoms with van der Waals surface area (Å²) in [5.41, 5.74) is 2.66. The van der Waals surface area contributed by atoms with Gasteiger partial charge in [0, 0.05) is 11.5 Å². The fourth-order valence-electron chi connectivity index (χ4n) is 6.67. The van der Waals surface area contributed by atoms with Gasteiger partial charge in [0.2, 0.25) is 5.91 Å². The molecule has 2 saturated carbocycles. The molecule has 2 unspecified atom stereocenters. The second-order valence-electron chi connectivity index (χ2n) is 10.3. The lowest BCUT2D eigenvalue weighted by molar-refractivity contribution is -0.196. The van der Waals surface area contributed by atoms with Crippen LogP contribution in [-0.2, 0) is 28.7 Å². The zero-order valence-corrected chi connectivity index (χ0v) is 20.7. The summed E-state index contributed by atoms with van der Waals surface area (Å²) in [5.74, 6) is -13.8. The number of rotatable bonds is 3. The number of aliphatic hydroxyl groups excluding tert-OH is 1. The molecule has 3 aliphatic carbocycles. The Bertz CT molecular complexity index is 1360. The smallest absolute Gasteiger partial charge is 0.235 e. The number of hydrogen-bond acceptors (Lipinski definition) is 11. The Morgan fingerprint density at radius 3 is 2.37 bits per heavy atom. The van der Waals surface area contributed by atoms with Gasteiger partial charge in [0.25, 0.3) is 0 Å². The van der Waals surface area contributed by atoms with Gasteiger partial charge in [0.1, 0.15) is 24.5 Å². The molecule has 1 aromatic rings. The Morgan fingerprint density at radius 1 is 1.11 bits per heavy atom. The molecule has 12 nitrogen and oxygen atoms in total. The zero-order valence-electron chi connectivity index (χ0n) is 20.7. The molecule has 1 aromatic carbocycles. The lowest BCUT2D eigenvalue weighted by Gasteiger charge is -2.56. The second-order valence-corrected chi connectivity index (χ2v) is 10.3. The predicted octanol–water partition coefficient (Wildman–Crippen LogP) is -0.785. The minimum absolute atomic E-state index is 0.202. The number of nitrogens with zero attached hydrogens (tertiary/aromatic N) is 1. The molecule has 2 fully saturated rings. The molecule has 0 spiro atoms. The third kappa shape index (κ3) is 3.17. The fourth-order valence-corrected chi connectivity index (χ4v) is 6.67. The maximum absolute atomic E-state index is 13.9. The van der Waals surface area contributed by atoms with Crippen LogP contribution in [0.1, 0.15) is 34.3 Å². The molecule has 38 heavy (non-hydrogen) atoms. The van der Waals surface area contributed by atoms with Crippen LogP contribution in [0, 0.1) is 23.7 Å². The Hall–Kier alpha value is -3.87. The van der Waals surface area contributed by atoms with Gasteiger partial charge in [0.05, 0.1) is 29.5 Å². The van der Waals surface area contributed by atoms with Crippen molar-refractivity contribution in [1.29, 1.82) is 0 Å². The van der Waals surface area contributed by atoms with Crippen LogP contribution in [0.4, 0.5) is 0 Å². The van der Waals surface area contributed by atoms with E-state index in [-0.39, 0.29) is 16.9 Å². The molecule has 1 aliphatic heterocycles. The summed E-state index contributed by atoms with van der Waals surface area (Å²) in [7, 11) is 2.86. The zero-order chi connectivity index (χ0) is 27.8. The van der Waals surface area contributed by atoms with E-state index >= 15 is 0 Å². The highest BCUT2D eigenvalue weighted by Gasteiger charge is 2.73. The Balaban J connectivity index is 1.73. The highest BCUT2D eigenvalue weighted by atomic mass is 16.5. The number of benzene rings is 1. The number of carbonyl (C=O) groups excluding carboxylic acids is 5. The van der Waals surface area contributed by atoms with Gasteiger partial charge in [-0.1, -0.05) is 6.92 Å². The molecule has 4 aliphatic rings. The molecule has 1 amide bonds. The maximum Gasteiger partial charge on any atom is 0.235 e. The van der Waals surface area contributed by atoms with Crippen molar-refractivity contribution < 1.29 is 48.8 Å². The van der Waals surface area contributed by atoms with Gasteiger partial charge < -0.3 is 30.5 Å². The quantitative estimate of drug-likeness (QED) is 0.361. The number of Topliss-reactive ketones (excluding diaryl/α,β-unsaturated/α-hetero) is 4. The molecule has 5 rings (SSSR count). The van der Waals surface area contributed by atoms with Gasteiger partial charge in [-0.15, -0.1) is 0 Å². The molecule has 200 valence electrons. The first-order valence-corrected chi connectivity index (χ1v) is 11.9. The summed E-state index contributed by atoms with van der Waals surface area (Å²) in [4.78, 5) is 67.8. The third-order valence-electron chi connectivity index (χ3n) is 8.24. The Labute approximate surface area is 216 Å². The molecule has 0 aromatic heterocycles. The van der Waals surface area contributed by atoms with E-state index in [1.165, 1.54) is 49.9 Å². The van der Waals surface area contributed by atoms with Crippen LogP contribution in [0.25, 0.3) is 5.76 Å². The first kappa shape index (κ1) is 25.8. The van der Waals surface area contributed by atoms with E-state index in [1.807, 2.05) is 0 Å². The number of primary amides is 1. The summed E-state index contributed by atoms with van der Waals surface area (Å²) >= 11 is 0. The van der Waals surface area contributed by atoms with Crippen molar-refractivity contribution in [3.05, 3.63) is 47.6 Å². The van der Waals surface area contributed by atoms with Gasteiger partial charge in [-0.05, 0) is 37.7 Å². The van der Waals surface area contributed by atoms with Crippen molar-refractivity contribution in [2.45, 2.75) is 30.6 Å². The van der Waals surface area contributed by atoms with Crippen molar-refractivity contribution in [2.24, 2.45) is 29.4 Å². The minimum Gasteiger partial charge on any atom is -0.507 e. The molecule has 8 atom stereocenters. The van der Waals surface area contributed by atoms with Crippen LogP contribution in [0.3, 0.4) is 0 Å². The van der Waals surface area contributed by atoms with E-state index < -0.39 is 82.1 Å². The summed E-state index contributed by atoms with van der Waals surface area (Å²) in [6, 6.07) is 1.29. The van der Waals surface area contributed by atoms with E-state index in [2.05, 4.69) is 0 Å². The molecule has 0 bridgehead atoms.